The van der Waals surface area contributed by atoms with Gasteiger partial charge in [0.1, 0.15) is 0 Å². The zero-order valence-corrected chi connectivity index (χ0v) is 12.7. The van der Waals surface area contributed by atoms with Crippen molar-refractivity contribution < 1.29 is 0 Å². The molecule has 0 aromatic heterocycles. The zero-order valence-electron chi connectivity index (χ0n) is 11.5. The minimum absolute atomic E-state index is 1.23. The van der Waals surface area contributed by atoms with Gasteiger partial charge in [0.05, 0.1) is 0 Å². The molecule has 3 rings (SSSR count). The van der Waals surface area contributed by atoms with Crippen LogP contribution < -0.4 is 5.30 Å². The molecule has 1 atom stereocenters. The first-order valence-electron chi connectivity index (χ1n) is 6.76. The largest absolute Gasteiger partial charge is 0.106 e. The summed E-state index contributed by atoms with van der Waals surface area (Å²) in [5, 5.41) is 1.23. The smallest absolute Gasteiger partial charge is 0.0154 e. The second-order valence-electron chi connectivity index (χ2n) is 5.02. The Morgan fingerprint density at radius 1 is 0.650 bits per heavy atom. The van der Waals surface area contributed by atoms with Crippen molar-refractivity contribution in [2.75, 3.05) is 0 Å². The maximum atomic E-state index is 2.75. The van der Waals surface area contributed by atoms with Gasteiger partial charge in [0, 0.05) is 0 Å². The fraction of sp³-hybridized carbons (Fsp3) is 0.0526. The Morgan fingerprint density at radius 3 is 1.90 bits per heavy atom. The van der Waals surface area contributed by atoms with E-state index in [4.69, 9.17) is 0 Å². The standard InChI is InChI=1S/C19H17P/c1-14-13-18(20)11-12-19(14)17-9-7-16(8-10-17)15-5-3-2-4-6-15/h2-13H,20H2,1H3. The van der Waals surface area contributed by atoms with Crippen LogP contribution in [0, 0.1) is 6.92 Å². The molecule has 3 aromatic carbocycles. The number of hydrogen-bond acceptors (Lipinski definition) is 0. The Kier molecular flexibility index (Phi) is 3.67. The van der Waals surface area contributed by atoms with Crippen LogP contribution in [-0.2, 0) is 0 Å². The molecule has 0 radical (unpaired) electrons. The lowest BCUT2D eigenvalue weighted by Crippen LogP contribution is -1.92. The molecule has 0 saturated heterocycles. The fourth-order valence-electron chi connectivity index (χ4n) is 2.48. The lowest BCUT2D eigenvalue weighted by Gasteiger charge is -2.08. The van der Waals surface area contributed by atoms with Crippen LogP contribution in [-0.4, -0.2) is 0 Å². The van der Waals surface area contributed by atoms with E-state index in [1.807, 2.05) is 6.07 Å². The predicted molar refractivity (Wildman–Crippen MR) is 91.4 cm³/mol. The molecule has 0 saturated carbocycles. The summed E-state index contributed by atoms with van der Waals surface area (Å²) in [4.78, 5) is 0. The van der Waals surface area contributed by atoms with Crippen molar-refractivity contribution in [3.05, 3.63) is 78.4 Å². The third-order valence-electron chi connectivity index (χ3n) is 3.55. The normalized spacial score (nSPS) is 10.5. The van der Waals surface area contributed by atoms with Crippen LogP contribution in [0.3, 0.4) is 0 Å². The van der Waals surface area contributed by atoms with Gasteiger partial charge in [0.2, 0.25) is 0 Å². The zero-order chi connectivity index (χ0) is 13.9. The molecular formula is C19H17P. The topological polar surface area (TPSA) is 0 Å². The third kappa shape index (κ3) is 2.66. The lowest BCUT2D eigenvalue weighted by atomic mass is 9.98. The highest BCUT2D eigenvalue weighted by atomic mass is 31.0. The molecule has 3 aromatic rings. The van der Waals surface area contributed by atoms with Gasteiger partial charge in [-0.05, 0) is 40.0 Å². The molecule has 0 spiro atoms. The number of benzene rings is 3. The Balaban J connectivity index is 1.97. The van der Waals surface area contributed by atoms with Crippen LogP contribution in [0.5, 0.6) is 0 Å². The van der Waals surface area contributed by atoms with Gasteiger partial charge in [0.15, 0.2) is 0 Å². The van der Waals surface area contributed by atoms with Crippen molar-refractivity contribution in [1.82, 2.24) is 0 Å². The Bertz CT molecular complexity index is 713. The average Bonchev–Trinajstić information content (AvgIpc) is 2.48. The van der Waals surface area contributed by atoms with Gasteiger partial charge in [-0.1, -0.05) is 72.8 Å². The maximum Gasteiger partial charge on any atom is -0.0154 e. The van der Waals surface area contributed by atoms with Crippen LogP contribution in [0.1, 0.15) is 5.56 Å². The predicted octanol–water partition coefficient (Wildman–Crippen LogP) is 4.83. The van der Waals surface area contributed by atoms with Gasteiger partial charge in [-0.2, -0.15) is 0 Å². The molecule has 0 aliphatic heterocycles. The summed E-state index contributed by atoms with van der Waals surface area (Å²) in [6, 6.07) is 25.8. The van der Waals surface area contributed by atoms with Crippen molar-refractivity contribution in [1.29, 1.82) is 0 Å². The minimum Gasteiger partial charge on any atom is -0.106 e. The van der Waals surface area contributed by atoms with Crippen molar-refractivity contribution in [3.8, 4) is 22.3 Å². The molecule has 98 valence electrons. The quantitative estimate of drug-likeness (QED) is 0.588. The van der Waals surface area contributed by atoms with E-state index in [1.54, 1.807) is 0 Å². The first kappa shape index (κ1) is 13.1. The first-order valence-corrected chi connectivity index (χ1v) is 7.34. The van der Waals surface area contributed by atoms with E-state index < -0.39 is 0 Å². The van der Waals surface area contributed by atoms with Crippen LogP contribution >= 0.6 is 9.24 Å². The van der Waals surface area contributed by atoms with Gasteiger partial charge in [-0.25, -0.2) is 0 Å². The number of rotatable bonds is 2. The van der Waals surface area contributed by atoms with Crippen molar-refractivity contribution in [3.63, 3.8) is 0 Å². The molecule has 0 aliphatic rings. The summed E-state index contributed by atoms with van der Waals surface area (Å²) in [6.07, 6.45) is 0. The molecule has 20 heavy (non-hydrogen) atoms. The van der Waals surface area contributed by atoms with Crippen molar-refractivity contribution in [2.45, 2.75) is 6.92 Å². The van der Waals surface area contributed by atoms with Crippen LogP contribution in [0.25, 0.3) is 22.3 Å². The van der Waals surface area contributed by atoms with E-state index >= 15 is 0 Å². The number of aryl methyl sites for hydroxylation is 1. The highest BCUT2D eigenvalue weighted by molar-refractivity contribution is 7.27. The van der Waals surface area contributed by atoms with Gasteiger partial charge >= 0.3 is 0 Å². The maximum absolute atomic E-state index is 2.75. The van der Waals surface area contributed by atoms with E-state index in [2.05, 4.69) is 82.9 Å². The summed E-state index contributed by atoms with van der Waals surface area (Å²) >= 11 is 0. The average molecular weight is 276 g/mol. The van der Waals surface area contributed by atoms with E-state index in [1.165, 1.54) is 33.1 Å². The van der Waals surface area contributed by atoms with Crippen LogP contribution in [0.4, 0.5) is 0 Å². The summed E-state index contributed by atoms with van der Waals surface area (Å²) in [6.45, 7) is 2.16. The molecule has 0 nitrogen and oxygen atoms in total. The van der Waals surface area contributed by atoms with Crippen molar-refractivity contribution in [2.24, 2.45) is 0 Å². The highest BCUT2D eigenvalue weighted by Gasteiger charge is 2.03. The molecular weight excluding hydrogens is 259 g/mol. The number of hydrogen-bond donors (Lipinski definition) is 0. The van der Waals surface area contributed by atoms with Crippen LogP contribution in [0.15, 0.2) is 72.8 Å². The Hall–Kier alpha value is -1.91. The second kappa shape index (κ2) is 5.61. The third-order valence-corrected chi connectivity index (χ3v) is 3.91. The van der Waals surface area contributed by atoms with Crippen molar-refractivity contribution >= 4 is 14.5 Å². The Morgan fingerprint density at radius 2 is 1.25 bits per heavy atom. The monoisotopic (exact) mass is 276 g/mol. The molecule has 0 N–H and O–H groups in total. The van der Waals surface area contributed by atoms with E-state index in [9.17, 15) is 0 Å². The molecule has 1 heteroatoms. The van der Waals surface area contributed by atoms with E-state index in [0.29, 0.717) is 0 Å². The van der Waals surface area contributed by atoms with Crippen LogP contribution in [0.2, 0.25) is 0 Å². The molecule has 0 heterocycles. The molecule has 0 aliphatic carbocycles. The molecule has 1 unspecified atom stereocenters. The van der Waals surface area contributed by atoms with E-state index in [0.717, 1.165) is 0 Å². The Labute approximate surface area is 122 Å². The van der Waals surface area contributed by atoms with Gasteiger partial charge in [-0.3, -0.25) is 0 Å². The fourth-order valence-corrected chi connectivity index (χ4v) is 2.83. The highest BCUT2D eigenvalue weighted by Crippen LogP contribution is 2.26. The van der Waals surface area contributed by atoms with Gasteiger partial charge in [-0.15, -0.1) is 9.24 Å². The molecule has 0 amide bonds. The molecule has 0 bridgehead atoms. The first-order chi connectivity index (χ1) is 9.74. The summed E-state index contributed by atoms with van der Waals surface area (Å²) in [5.41, 5.74) is 6.40. The SMILES string of the molecule is Cc1cc(P)ccc1-c1ccc(-c2ccccc2)cc1. The lowest BCUT2D eigenvalue weighted by molar-refractivity contribution is 1.47. The summed E-state index contributed by atoms with van der Waals surface area (Å²) in [5.74, 6) is 0. The summed E-state index contributed by atoms with van der Waals surface area (Å²) in [7, 11) is 2.75. The van der Waals surface area contributed by atoms with Gasteiger partial charge < -0.3 is 0 Å². The minimum atomic E-state index is 1.23. The summed E-state index contributed by atoms with van der Waals surface area (Å²) < 4.78 is 0. The molecule has 0 fully saturated rings. The van der Waals surface area contributed by atoms with E-state index in [-0.39, 0.29) is 0 Å². The second-order valence-corrected chi connectivity index (χ2v) is 5.68. The van der Waals surface area contributed by atoms with Gasteiger partial charge in [0.25, 0.3) is 0 Å².